The molecule has 4 amide bonds. The molecule has 11 nitrogen and oxygen atoms in total. The number of hydrogen-bond donors (Lipinski definition) is 3. The molecule has 3 atom stereocenters. The lowest BCUT2D eigenvalue weighted by atomic mass is 9.77. The zero-order valence-corrected chi connectivity index (χ0v) is 23.1. The second-order valence-corrected chi connectivity index (χ2v) is 11.4. The summed E-state index contributed by atoms with van der Waals surface area (Å²) in [5.41, 5.74) is 1.92. The van der Waals surface area contributed by atoms with E-state index in [1.807, 2.05) is 14.0 Å². The van der Waals surface area contributed by atoms with Gasteiger partial charge in [0.2, 0.25) is 5.91 Å². The highest BCUT2D eigenvalue weighted by Crippen LogP contribution is 2.31. The smallest absolute Gasteiger partial charge is 0.314 e. The number of nitrogens with zero attached hydrogens (tertiary/aromatic N) is 4. The van der Waals surface area contributed by atoms with Crippen molar-refractivity contribution in [1.29, 1.82) is 0 Å². The molecule has 38 heavy (non-hydrogen) atoms. The summed E-state index contributed by atoms with van der Waals surface area (Å²) in [6.45, 7) is 3.83. The number of rotatable bonds is 6. The number of nitrogens with one attached hydrogen (secondary N) is 3. The van der Waals surface area contributed by atoms with Crippen LogP contribution in [0.1, 0.15) is 45.2 Å². The van der Waals surface area contributed by atoms with Crippen LogP contribution in [0.4, 0.5) is 5.82 Å². The molecule has 2 aromatic rings. The first-order chi connectivity index (χ1) is 18.1. The predicted molar refractivity (Wildman–Crippen MR) is 144 cm³/mol. The van der Waals surface area contributed by atoms with Crippen molar-refractivity contribution in [2.45, 2.75) is 45.2 Å². The van der Waals surface area contributed by atoms with E-state index in [1.54, 1.807) is 37.3 Å². The fourth-order valence-corrected chi connectivity index (χ4v) is 6.04. The van der Waals surface area contributed by atoms with Crippen molar-refractivity contribution in [3.05, 3.63) is 39.5 Å². The highest BCUT2D eigenvalue weighted by atomic mass is 32.1. The van der Waals surface area contributed by atoms with Crippen molar-refractivity contribution >= 4 is 40.8 Å². The molecule has 0 bridgehead atoms. The summed E-state index contributed by atoms with van der Waals surface area (Å²) >= 11 is 1.41. The van der Waals surface area contributed by atoms with Crippen LogP contribution in [0.3, 0.4) is 0 Å². The molecule has 2 aliphatic rings. The first-order valence-corrected chi connectivity index (χ1v) is 13.6. The summed E-state index contributed by atoms with van der Waals surface area (Å²) in [6.07, 6.45) is 4.01. The Morgan fingerprint density at radius 1 is 1.16 bits per heavy atom. The molecule has 0 spiro atoms. The standard InChI is InChI=1S/C26H35N7O4S/c1-15-5-8-21(27-12-15)31-23(35)22(34)29-18-7-6-16(26(37)32(2)3)11-17(18)13-28-24(36)25-30-19-9-10-33(4)14-20(19)38-25/h5,8,12,16-18H,6-7,9-11,13-14H2,1-4H3,(H,28,36)(H,29,34)(H,27,31,35)/t16-,17-,18-/m0/s1. The van der Waals surface area contributed by atoms with Gasteiger partial charge < -0.3 is 25.8 Å². The molecule has 1 fully saturated rings. The van der Waals surface area contributed by atoms with E-state index in [9.17, 15) is 19.2 Å². The summed E-state index contributed by atoms with van der Waals surface area (Å²) in [6, 6.07) is 3.05. The van der Waals surface area contributed by atoms with Crippen LogP contribution in [0.2, 0.25) is 0 Å². The van der Waals surface area contributed by atoms with E-state index in [4.69, 9.17) is 0 Å². The Kier molecular flexibility index (Phi) is 8.72. The summed E-state index contributed by atoms with van der Waals surface area (Å²) in [7, 11) is 5.49. The zero-order valence-electron chi connectivity index (χ0n) is 22.2. The quantitative estimate of drug-likeness (QED) is 0.468. The predicted octanol–water partition coefficient (Wildman–Crippen LogP) is 1.19. The maximum absolute atomic E-state index is 13.0. The minimum atomic E-state index is -0.811. The number of anilines is 1. The van der Waals surface area contributed by atoms with Gasteiger partial charge in [0.05, 0.1) is 5.69 Å². The number of aromatic nitrogens is 2. The minimum absolute atomic E-state index is 0.0195. The van der Waals surface area contributed by atoms with Crippen LogP contribution >= 0.6 is 11.3 Å². The van der Waals surface area contributed by atoms with Crippen LogP contribution < -0.4 is 16.0 Å². The molecule has 12 heteroatoms. The van der Waals surface area contributed by atoms with Crippen molar-refractivity contribution in [2.75, 3.05) is 39.5 Å². The van der Waals surface area contributed by atoms with Crippen molar-refractivity contribution in [3.63, 3.8) is 0 Å². The molecule has 1 aliphatic heterocycles. The number of likely N-dealkylation sites (N-methyl/N-ethyl adjacent to an activating group) is 1. The Morgan fingerprint density at radius 3 is 2.66 bits per heavy atom. The van der Waals surface area contributed by atoms with Gasteiger partial charge in [-0.15, -0.1) is 11.3 Å². The molecular formula is C26H35N7O4S. The summed E-state index contributed by atoms with van der Waals surface area (Å²) < 4.78 is 0. The second-order valence-electron chi connectivity index (χ2n) is 10.3. The SMILES string of the molecule is Cc1ccc(NC(=O)C(=O)N[C@H]2CC[C@H](C(=O)N(C)C)C[C@H]2CNC(=O)c2nc3c(s2)CN(C)CC3)nc1. The molecule has 0 aromatic carbocycles. The molecule has 2 aromatic heterocycles. The minimum Gasteiger partial charge on any atom is -0.350 e. The number of pyridine rings is 1. The molecule has 0 radical (unpaired) electrons. The Labute approximate surface area is 226 Å². The van der Waals surface area contributed by atoms with Gasteiger partial charge in [-0.05, 0) is 50.8 Å². The number of fused-ring (bicyclic) bond motifs is 1. The number of thiazole rings is 1. The molecule has 3 heterocycles. The van der Waals surface area contributed by atoms with Gasteiger partial charge in [0, 0.05) is 63.2 Å². The summed E-state index contributed by atoms with van der Waals surface area (Å²) in [4.78, 5) is 64.4. The van der Waals surface area contributed by atoms with Crippen LogP contribution in [0, 0.1) is 18.8 Å². The molecule has 3 N–H and O–H groups in total. The largest absolute Gasteiger partial charge is 0.350 e. The number of amides is 4. The Balaban J connectivity index is 1.40. The maximum Gasteiger partial charge on any atom is 0.314 e. The van der Waals surface area contributed by atoms with Crippen LogP contribution in [0.25, 0.3) is 0 Å². The average Bonchev–Trinajstić information content (AvgIpc) is 3.32. The van der Waals surface area contributed by atoms with E-state index < -0.39 is 11.8 Å². The van der Waals surface area contributed by atoms with E-state index in [-0.39, 0.29) is 42.1 Å². The van der Waals surface area contributed by atoms with Gasteiger partial charge in [-0.2, -0.15) is 0 Å². The van der Waals surface area contributed by atoms with Gasteiger partial charge in [-0.25, -0.2) is 9.97 Å². The van der Waals surface area contributed by atoms with Crippen molar-refractivity contribution in [3.8, 4) is 0 Å². The highest BCUT2D eigenvalue weighted by Gasteiger charge is 2.36. The fourth-order valence-electron chi connectivity index (χ4n) is 4.94. The van der Waals surface area contributed by atoms with Crippen molar-refractivity contribution < 1.29 is 19.2 Å². The number of carbonyl (C=O) groups excluding carboxylic acids is 4. The topological polar surface area (TPSA) is 137 Å². The normalized spacial score (nSPS) is 21.2. The lowest BCUT2D eigenvalue weighted by molar-refractivity contribution is -0.138. The highest BCUT2D eigenvalue weighted by molar-refractivity contribution is 7.13. The molecule has 4 rings (SSSR count). The first-order valence-electron chi connectivity index (χ1n) is 12.8. The van der Waals surface area contributed by atoms with Crippen LogP contribution in [0.5, 0.6) is 0 Å². The lowest BCUT2D eigenvalue weighted by Gasteiger charge is -2.36. The maximum atomic E-state index is 13.0. The van der Waals surface area contributed by atoms with Gasteiger partial charge >= 0.3 is 11.8 Å². The summed E-state index contributed by atoms with van der Waals surface area (Å²) in [5.74, 6) is -1.98. The van der Waals surface area contributed by atoms with E-state index in [0.717, 1.165) is 35.6 Å². The Morgan fingerprint density at radius 2 is 1.95 bits per heavy atom. The van der Waals surface area contributed by atoms with E-state index in [1.165, 1.54) is 11.3 Å². The third-order valence-electron chi connectivity index (χ3n) is 7.09. The molecular weight excluding hydrogens is 506 g/mol. The average molecular weight is 542 g/mol. The fraction of sp³-hybridized carbons (Fsp3) is 0.538. The number of carbonyl (C=O) groups is 4. The summed E-state index contributed by atoms with van der Waals surface area (Å²) in [5, 5.41) is 8.72. The lowest BCUT2D eigenvalue weighted by Crippen LogP contribution is -2.51. The number of hydrogen-bond acceptors (Lipinski definition) is 8. The number of aryl methyl sites for hydroxylation is 1. The third-order valence-corrected chi connectivity index (χ3v) is 8.17. The van der Waals surface area contributed by atoms with E-state index in [0.29, 0.717) is 24.3 Å². The molecule has 204 valence electrons. The van der Waals surface area contributed by atoms with Gasteiger partial charge in [-0.1, -0.05) is 6.07 Å². The molecule has 1 saturated carbocycles. The van der Waals surface area contributed by atoms with Crippen LogP contribution in [-0.2, 0) is 27.3 Å². The second kappa shape index (κ2) is 12.0. The van der Waals surface area contributed by atoms with Gasteiger partial charge in [0.1, 0.15) is 5.82 Å². The van der Waals surface area contributed by atoms with Gasteiger partial charge in [-0.3, -0.25) is 19.2 Å². The molecule has 0 saturated heterocycles. The van der Waals surface area contributed by atoms with Crippen LogP contribution in [0.15, 0.2) is 18.3 Å². The van der Waals surface area contributed by atoms with Crippen molar-refractivity contribution in [1.82, 2.24) is 30.4 Å². The van der Waals surface area contributed by atoms with Crippen molar-refractivity contribution in [2.24, 2.45) is 11.8 Å². The first kappa shape index (κ1) is 27.6. The third kappa shape index (κ3) is 6.73. The van der Waals surface area contributed by atoms with Crippen LogP contribution in [-0.4, -0.2) is 83.7 Å². The Bertz CT molecular complexity index is 1200. The van der Waals surface area contributed by atoms with Gasteiger partial charge in [0.25, 0.3) is 5.91 Å². The zero-order chi connectivity index (χ0) is 27.4. The molecule has 0 unspecified atom stereocenters. The van der Waals surface area contributed by atoms with E-state index >= 15 is 0 Å². The monoisotopic (exact) mass is 541 g/mol. The van der Waals surface area contributed by atoms with Gasteiger partial charge in [0.15, 0.2) is 5.01 Å². The molecule has 1 aliphatic carbocycles. The van der Waals surface area contributed by atoms with E-state index in [2.05, 4.69) is 30.8 Å². The Hall–Kier alpha value is -3.38.